The van der Waals surface area contributed by atoms with E-state index in [4.69, 9.17) is 9.84 Å². The second kappa shape index (κ2) is 6.69. The van der Waals surface area contributed by atoms with E-state index in [1.54, 1.807) is 24.1 Å². The van der Waals surface area contributed by atoms with Crippen LogP contribution < -0.4 is 10.1 Å². The molecule has 0 fully saturated rings. The number of aromatic nitrogens is 4. The Kier molecular flexibility index (Phi) is 4.68. The number of anilines is 1. The van der Waals surface area contributed by atoms with Gasteiger partial charge in [-0.15, -0.1) is 5.10 Å². The van der Waals surface area contributed by atoms with Crippen molar-refractivity contribution in [1.29, 1.82) is 0 Å². The monoisotopic (exact) mass is 263 g/mol. The SMILES string of the molecule is COc1ccc(NCc2cn(CCCO)nn2)cn1. The Morgan fingerprint density at radius 2 is 2.32 bits per heavy atom. The quantitative estimate of drug-likeness (QED) is 0.764. The molecule has 2 aromatic heterocycles. The minimum Gasteiger partial charge on any atom is -0.481 e. The van der Waals surface area contributed by atoms with Gasteiger partial charge in [-0.1, -0.05) is 5.21 Å². The first-order valence-corrected chi connectivity index (χ1v) is 6.05. The number of nitrogens with zero attached hydrogens (tertiary/aromatic N) is 4. The van der Waals surface area contributed by atoms with Gasteiger partial charge < -0.3 is 15.2 Å². The van der Waals surface area contributed by atoms with Crippen LogP contribution in [0.1, 0.15) is 12.1 Å². The Morgan fingerprint density at radius 3 is 3.00 bits per heavy atom. The topological polar surface area (TPSA) is 85.1 Å². The number of aliphatic hydroxyl groups excluding tert-OH is 1. The standard InChI is InChI=1S/C12H17N5O2/c1-19-12-4-3-10(7-14-12)13-8-11-9-17(16-15-11)5-2-6-18/h3-4,7,9,13,18H,2,5-6,8H2,1H3. The predicted molar refractivity (Wildman–Crippen MR) is 69.8 cm³/mol. The Bertz CT molecular complexity index is 497. The first-order chi connectivity index (χ1) is 9.31. The molecule has 0 unspecified atom stereocenters. The molecule has 2 aromatic rings. The van der Waals surface area contributed by atoms with E-state index in [0.717, 1.165) is 11.4 Å². The highest BCUT2D eigenvalue weighted by Gasteiger charge is 2.01. The van der Waals surface area contributed by atoms with E-state index < -0.39 is 0 Å². The minimum atomic E-state index is 0.158. The van der Waals surface area contributed by atoms with Crippen molar-refractivity contribution >= 4 is 5.69 Å². The summed E-state index contributed by atoms with van der Waals surface area (Å²) < 4.78 is 6.71. The lowest BCUT2D eigenvalue weighted by Gasteiger charge is -2.04. The fraction of sp³-hybridized carbons (Fsp3) is 0.417. The summed E-state index contributed by atoms with van der Waals surface area (Å²) in [7, 11) is 1.58. The van der Waals surface area contributed by atoms with E-state index in [1.165, 1.54) is 0 Å². The molecule has 0 spiro atoms. The van der Waals surface area contributed by atoms with Gasteiger partial charge in [0.05, 0.1) is 31.7 Å². The van der Waals surface area contributed by atoms with Crippen LogP contribution in [0.25, 0.3) is 0 Å². The molecule has 0 aromatic carbocycles. The van der Waals surface area contributed by atoms with Crippen LogP contribution in [0.4, 0.5) is 5.69 Å². The van der Waals surface area contributed by atoms with Crippen molar-refractivity contribution < 1.29 is 9.84 Å². The molecule has 0 radical (unpaired) electrons. The van der Waals surface area contributed by atoms with E-state index in [9.17, 15) is 0 Å². The summed E-state index contributed by atoms with van der Waals surface area (Å²) in [6.45, 7) is 1.41. The smallest absolute Gasteiger partial charge is 0.213 e. The molecule has 2 N–H and O–H groups in total. The maximum absolute atomic E-state index is 8.74. The van der Waals surface area contributed by atoms with Crippen molar-refractivity contribution in [3.63, 3.8) is 0 Å². The summed E-state index contributed by atoms with van der Waals surface area (Å²) in [4.78, 5) is 4.10. The maximum Gasteiger partial charge on any atom is 0.213 e. The molecule has 0 bridgehead atoms. The Labute approximate surface area is 111 Å². The van der Waals surface area contributed by atoms with Gasteiger partial charge in [0.2, 0.25) is 5.88 Å². The van der Waals surface area contributed by atoms with Crippen molar-refractivity contribution in [2.75, 3.05) is 19.0 Å². The van der Waals surface area contributed by atoms with Crippen LogP contribution in [0.3, 0.4) is 0 Å². The van der Waals surface area contributed by atoms with Crippen LogP contribution in [0, 0.1) is 0 Å². The summed E-state index contributed by atoms with van der Waals surface area (Å²) in [6, 6.07) is 3.68. The third-order valence-electron chi connectivity index (χ3n) is 2.55. The lowest BCUT2D eigenvalue weighted by atomic mass is 10.4. The first kappa shape index (κ1) is 13.3. The number of pyridine rings is 1. The molecule has 0 atom stereocenters. The average Bonchev–Trinajstić information content (AvgIpc) is 2.91. The zero-order chi connectivity index (χ0) is 13.5. The number of aryl methyl sites for hydroxylation is 1. The summed E-state index contributed by atoms with van der Waals surface area (Å²) in [6.07, 6.45) is 4.24. The summed E-state index contributed by atoms with van der Waals surface area (Å²) in [5, 5.41) is 20.0. The fourth-order valence-electron chi connectivity index (χ4n) is 1.56. The molecule has 0 aliphatic rings. The predicted octanol–water partition coefficient (Wildman–Crippen LogP) is 0.676. The summed E-state index contributed by atoms with van der Waals surface area (Å²) >= 11 is 0. The van der Waals surface area contributed by atoms with Crippen LogP contribution in [0.5, 0.6) is 5.88 Å². The Morgan fingerprint density at radius 1 is 1.42 bits per heavy atom. The van der Waals surface area contributed by atoms with E-state index in [-0.39, 0.29) is 6.61 Å². The zero-order valence-electron chi connectivity index (χ0n) is 10.8. The molecule has 0 saturated heterocycles. The number of methoxy groups -OCH3 is 1. The summed E-state index contributed by atoms with van der Waals surface area (Å²) in [5.74, 6) is 0.584. The lowest BCUT2D eigenvalue weighted by molar-refractivity contribution is 0.276. The number of hydrogen-bond acceptors (Lipinski definition) is 6. The largest absolute Gasteiger partial charge is 0.481 e. The number of aliphatic hydroxyl groups is 1. The molecule has 0 saturated carbocycles. The minimum absolute atomic E-state index is 0.158. The molecule has 102 valence electrons. The number of hydrogen-bond donors (Lipinski definition) is 2. The van der Waals surface area contributed by atoms with Gasteiger partial charge in [0.25, 0.3) is 0 Å². The van der Waals surface area contributed by atoms with Gasteiger partial charge in [-0.2, -0.15) is 0 Å². The van der Waals surface area contributed by atoms with Crippen molar-refractivity contribution in [1.82, 2.24) is 20.0 Å². The van der Waals surface area contributed by atoms with Crippen molar-refractivity contribution in [2.45, 2.75) is 19.5 Å². The highest BCUT2D eigenvalue weighted by atomic mass is 16.5. The van der Waals surface area contributed by atoms with Crippen molar-refractivity contribution in [2.24, 2.45) is 0 Å². The Balaban J connectivity index is 1.85. The number of rotatable bonds is 7. The highest BCUT2D eigenvalue weighted by Crippen LogP contribution is 2.11. The lowest BCUT2D eigenvalue weighted by Crippen LogP contribution is -2.01. The Hall–Kier alpha value is -2.15. The highest BCUT2D eigenvalue weighted by molar-refractivity contribution is 5.42. The van der Waals surface area contributed by atoms with Gasteiger partial charge in [-0.25, -0.2) is 4.98 Å². The second-order valence-electron chi connectivity index (χ2n) is 3.99. The van der Waals surface area contributed by atoms with Crippen molar-refractivity contribution in [3.05, 3.63) is 30.2 Å². The van der Waals surface area contributed by atoms with Gasteiger partial charge in [0.15, 0.2) is 0 Å². The molecule has 7 nitrogen and oxygen atoms in total. The molecule has 2 heterocycles. The van der Waals surface area contributed by atoms with Gasteiger partial charge >= 0.3 is 0 Å². The van der Waals surface area contributed by atoms with Crippen molar-refractivity contribution in [3.8, 4) is 5.88 Å². The van der Waals surface area contributed by atoms with Crippen LogP contribution in [-0.2, 0) is 13.1 Å². The van der Waals surface area contributed by atoms with E-state index in [0.29, 0.717) is 25.4 Å². The van der Waals surface area contributed by atoms with Crippen LogP contribution in [0.2, 0.25) is 0 Å². The molecule has 19 heavy (non-hydrogen) atoms. The average molecular weight is 263 g/mol. The van der Waals surface area contributed by atoms with Gasteiger partial charge in [0, 0.05) is 19.2 Å². The van der Waals surface area contributed by atoms with E-state index in [1.807, 2.05) is 12.3 Å². The summed E-state index contributed by atoms with van der Waals surface area (Å²) in [5.41, 5.74) is 1.74. The zero-order valence-corrected chi connectivity index (χ0v) is 10.8. The van der Waals surface area contributed by atoms with Crippen LogP contribution >= 0.6 is 0 Å². The molecule has 0 amide bonds. The molecular formula is C12H17N5O2. The van der Waals surface area contributed by atoms with Gasteiger partial charge in [-0.3, -0.25) is 4.68 Å². The number of nitrogens with one attached hydrogen (secondary N) is 1. The number of ether oxygens (including phenoxy) is 1. The van der Waals surface area contributed by atoms with Gasteiger partial charge in [0.1, 0.15) is 5.69 Å². The maximum atomic E-state index is 8.74. The fourth-order valence-corrected chi connectivity index (χ4v) is 1.56. The normalized spacial score (nSPS) is 10.4. The molecule has 0 aliphatic heterocycles. The van der Waals surface area contributed by atoms with E-state index >= 15 is 0 Å². The molecule has 2 rings (SSSR count). The third kappa shape index (κ3) is 3.92. The second-order valence-corrected chi connectivity index (χ2v) is 3.99. The molecule has 7 heteroatoms. The van der Waals surface area contributed by atoms with E-state index in [2.05, 4.69) is 20.6 Å². The third-order valence-corrected chi connectivity index (χ3v) is 2.55. The van der Waals surface area contributed by atoms with Crippen LogP contribution in [0.15, 0.2) is 24.5 Å². The van der Waals surface area contributed by atoms with Gasteiger partial charge in [-0.05, 0) is 12.5 Å². The molecule has 0 aliphatic carbocycles. The molecular weight excluding hydrogens is 246 g/mol. The van der Waals surface area contributed by atoms with Crippen LogP contribution in [-0.4, -0.2) is 38.8 Å². The first-order valence-electron chi connectivity index (χ1n) is 6.05.